The van der Waals surface area contributed by atoms with Crippen molar-refractivity contribution in [2.45, 2.75) is 31.3 Å². The largest absolute Gasteiger partial charge is 0.387 e. The first-order valence-electron chi connectivity index (χ1n) is 3.48. The number of methoxy groups -OCH3 is 1. The van der Waals surface area contributed by atoms with Crippen LogP contribution in [0.4, 0.5) is 0 Å². The highest BCUT2D eigenvalue weighted by Crippen LogP contribution is 2.29. The van der Waals surface area contributed by atoms with Crippen LogP contribution in [0, 0.1) is 0 Å². The molecule has 0 aromatic rings. The first kappa shape index (κ1) is 7.03. The van der Waals surface area contributed by atoms with Gasteiger partial charge in [-0.15, -0.1) is 0 Å². The molecule has 0 aromatic carbocycles. The van der Waals surface area contributed by atoms with Crippen LogP contribution in [0.1, 0.15) is 25.7 Å². The average molecular weight is 130 g/mol. The molecule has 1 fully saturated rings. The van der Waals surface area contributed by atoms with Gasteiger partial charge in [0.15, 0.2) is 0 Å². The van der Waals surface area contributed by atoms with Crippen LogP contribution in [0.3, 0.4) is 0 Å². The molecule has 9 heavy (non-hydrogen) atoms. The van der Waals surface area contributed by atoms with E-state index in [4.69, 9.17) is 4.74 Å². The van der Waals surface area contributed by atoms with Crippen molar-refractivity contribution in [3.63, 3.8) is 0 Å². The number of hydrogen-bond acceptors (Lipinski definition) is 2. The van der Waals surface area contributed by atoms with Crippen molar-refractivity contribution in [1.82, 2.24) is 0 Å². The van der Waals surface area contributed by atoms with Crippen molar-refractivity contribution in [3.05, 3.63) is 0 Å². The summed E-state index contributed by atoms with van der Waals surface area (Å²) < 4.78 is 4.88. The molecule has 1 N–H and O–H groups in total. The van der Waals surface area contributed by atoms with E-state index in [-0.39, 0.29) is 0 Å². The van der Waals surface area contributed by atoms with Gasteiger partial charge in [0.05, 0.1) is 12.2 Å². The normalized spacial score (nSPS) is 24.7. The van der Waals surface area contributed by atoms with Crippen molar-refractivity contribution in [1.29, 1.82) is 0 Å². The topological polar surface area (TPSA) is 29.5 Å². The molecule has 0 unspecified atom stereocenters. The van der Waals surface area contributed by atoms with Crippen LogP contribution in [0.5, 0.6) is 0 Å². The third-order valence-electron chi connectivity index (χ3n) is 1.95. The fraction of sp³-hybridized carbons (Fsp3) is 1.00. The lowest BCUT2D eigenvalue weighted by Crippen LogP contribution is -2.29. The van der Waals surface area contributed by atoms with Gasteiger partial charge in [-0.25, -0.2) is 0 Å². The highest BCUT2D eigenvalue weighted by molar-refractivity contribution is 4.83. The second-order valence-electron chi connectivity index (χ2n) is 2.86. The summed E-state index contributed by atoms with van der Waals surface area (Å²) in [4.78, 5) is 0. The highest BCUT2D eigenvalue weighted by atomic mass is 16.5. The molecule has 54 valence electrons. The molecular formula is C7H14O2. The van der Waals surface area contributed by atoms with Gasteiger partial charge in [0.2, 0.25) is 0 Å². The maximum Gasteiger partial charge on any atom is 0.0880 e. The molecule has 1 aliphatic rings. The molecule has 1 saturated carbocycles. The van der Waals surface area contributed by atoms with E-state index in [0.29, 0.717) is 6.61 Å². The molecule has 0 aromatic heterocycles. The molecule has 1 rings (SSSR count). The van der Waals surface area contributed by atoms with Gasteiger partial charge in [-0.05, 0) is 12.8 Å². The molecule has 0 amide bonds. The van der Waals surface area contributed by atoms with Crippen molar-refractivity contribution in [2.75, 3.05) is 13.7 Å². The van der Waals surface area contributed by atoms with Crippen LogP contribution in [-0.2, 0) is 4.74 Å². The van der Waals surface area contributed by atoms with Gasteiger partial charge in [-0.1, -0.05) is 12.8 Å². The second-order valence-corrected chi connectivity index (χ2v) is 2.86. The van der Waals surface area contributed by atoms with Crippen LogP contribution < -0.4 is 0 Å². The Morgan fingerprint density at radius 3 is 2.44 bits per heavy atom. The molecule has 0 radical (unpaired) electrons. The number of aliphatic hydroxyl groups is 1. The summed E-state index contributed by atoms with van der Waals surface area (Å²) in [6.07, 6.45) is 4.14. The zero-order chi connectivity index (χ0) is 6.74. The summed E-state index contributed by atoms with van der Waals surface area (Å²) in [5, 5.41) is 9.57. The highest BCUT2D eigenvalue weighted by Gasteiger charge is 2.30. The minimum atomic E-state index is -0.477. The maximum atomic E-state index is 9.57. The third kappa shape index (κ3) is 1.66. The van der Waals surface area contributed by atoms with Crippen LogP contribution in [0.15, 0.2) is 0 Å². The van der Waals surface area contributed by atoms with E-state index >= 15 is 0 Å². The molecule has 1 aliphatic carbocycles. The van der Waals surface area contributed by atoms with Crippen LogP contribution in [0.2, 0.25) is 0 Å². The Labute approximate surface area is 55.8 Å². The quantitative estimate of drug-likeness (QED) is 0.602. The average Bonchev–Trinajstić information content (AvgIpc) is 2.16. The van der Waals surface area contributed by atoms with Gasteiger partial charge in [-0.2, -0.15) is 0 Å². The standard InChI is InChI=1S/C7H14O2/c1-9-6-7(8)4-2-3-5-7/h8H,2-6H2,1H3. The number of ether oxygens (including phenoxy) is 1. The Morgan fingerprint density at radius 1 is 1.44 bits per heavy atom. The van der Waals surface area contributed by atoms with Gasteiger partial charge in [0.1, 0.15) is 0 Å². The third-order valence-corrected chi connectivity index (χ3v) is 1.95. The summed E-state index contributed by atoms with van der Waals surface area (Å²) in [5.41, 5.74) is -0.477. The summed E-state index contributed by atoms with van der Waals surface area (Å²) in [6, 6.07) is 0. The molecule has 0 bridgehead atoms. The molecule has 0 saturated heterocycles. The fourth-order valence-electron chi connectivity index (χ4n) is 1.45. The minimum absolute atomic E-state index is 0.477. The van der Waals surface area contributed by atoms with Gasteiger partial charge in [0.25, 0.3) is 0 Å². The summed E-state index contributed by atoms with van der Waals surface area (Å²) >= 11 is 0. The van der Waals surface area contributed by atoms with Crippen molar-refractivity contribution in [3.8, 4) is 0 Å². The monoisotopic (exact) mass is 130 g/mol. The van der Waals surface area contributed by atoms with Gasteiger partial charge in [0, 0.05) is 7.11 Å². The Morgan fingerprint density at radius 2 is 2.00 bits per heavy atom. The van der Waals surface area contributed by atoms with Crippen molar-refractivity contribution < 1.29 is 9.84 Å². The van der Waals surface area contributed by atoms with Crippen molar-refractivity contribution >= 4 is 0 Å². The lowest BCUT2D eigenvalue weighted by Gasteiger charge is -2.19. The predicted octanol–water partition coefficient (Wildman–Crippen LogP) is 0.938. The minimum Gasteiger partial charge on any atom is -0.387 e. The Balaban J connectivity index is 2.32. The summed E-state index contributed by atoms with van der Waals surface area (Å²) in [7, 11) is 1.64. The maximum absolute atomic E-state index is 9.57. The van der Waals surface area contributed by atoms with E-state index in [1.807, 2.05) is 0 Å². The van der Waals surface area contributed by atoms with Crippen LogP contribution in [-0.4, -0.2) is 24.4 Å². The molecule has 0 aliphatic heterocycles. The van der Waals surface area contributed by atoms with E-state index in [9.17, 15) is 5.11 Å². The first-order chi connectivity index (χ1) is 4.27. The molecular weight excluding hydrogens is 116 g/mol. The van der Waals surface area contributed by atoms with Crippen molar-refractivity contribution in [2.24, 2.45) is 0 Å². The predicted molar refractivity (Wildman–Crippen MR) is 35.3 cm³/mol. The van der Waals surface area contributed by atoms with Crippen LogP contribution in [0.25, 0.3) is 0 Å². The zero-order valence-corrected chi connectivity index (χ0v) is 5.89. The summed E-state index contributed by atoms with van der Waals surface area (Å²) in [5.74, 6) is 0. The van der Waals surface area contributed by atoms with E-state index in [2.05, 4.69) is 0 Å². The van der Waals surface area contributed by atoms with Gasteiger partial charge < -0.3 is 9.84 Å². The Kier molecular flexibility index (Phi) is 2.09. The van der Waals surface area contributed by atoms with Gasteiger partial charge in [-0.3, -0.25) is 0 Å². The molecule has 0 spiro atoms. The smallest absolute Gasteiger partial charge is 0.0880 e. The number of rotatable bonds is 2. The summed E-state index contributed by atoms with van der Waals surface area (Å²) in [6.45, 7) is 0.507. The van der Waals surface area contributed by atoms with E-state index in [1.54, 1.807) is 7.11 Å². The molecule has 0 heterocycles. The first-order valence-corrected chi connectivity index (χ1v) is 3.48. The molecule has 2 heteroatoms. The van der Waals surface area contributed by atoms with E-state index in [0.717, 1.165) is 25.7 Å². The fourth-order valence-corrected chi connectivity index (χ4v) is 1.45. The Hall–Kier alpha value is -0.0800. The number of hydrogen-bond donors (Lipinski definition) is 1. The van der Waals surface area contributed by atoms with Crippen LogP contribution >= 0.6 is 0 Å². The lowest BCUT2D eigenvalue weighted by atomic mass is 10.1. The second kappa shape index (κ2) is 2.67. The molecule has 2 nitrogen and oxygen atoms in total. The Bertz CT molecular complexity index is 84.9. The van der Waals surface area contributed by atoms with E-state index < -0.39 is 5.60 Å². The van der Waals surface area contributed by atoms with E-state index in [1.165, 1.54) is 0 Å². The van der Waals surface area contributed by atoms with Gasteiger partial charge >= 0.3 is 0 Å². The SMILES string of the molecule is COCC1(O)CCCC1. The molecule has 0 atom stereocenters. The zero-order valence-electron chi connectivity index (χ0n) is 5.89. The lowest BCUT2D eigenvalue weighted by molar-refractivity contribution is -0.0253.